The van der Waals surface area contributed by atoms with Gasteiger partial charge in [0.1, 0.15) is 0 Å². The molecule has 5 heteroatoms. The highest BCUT2D eigenvalue weighted by molar-refractivity contribution is 5.32. The Bertz CT molecular complexity index is 394. The van der Waals surface area contributed by atoms with Gasteiger partial charge in [0.25, 0.3) is 0 Å². The molecule has 2 saturated heterocycles. The Balaban J connectivity index is 1.81. The first kappa shape index (κ1) is 10.9. The molecule has 2 fully saturated rings. The van der Waals surface area contributed by atoms with Crippen LogP contribution in [0.1, 0.15) is 19.8 Å². The minimum absolute atomic E-state index is 0.374. The van der Waals surface area contributed by atoms with Gasteiger partial charge in [-0.25, -0.2) is 14.4 Å². The SMILES string of the molecule is CC1C2CCCN2CCN1c1ncc(F)cn1. The van der Waals surface area contributed by atoms with Crippen LogP contribution in [0.4, 0.5) is 10.3 Å². The first-order valence-electron chi connectivity index (χ1n) is 6.24. The molecule has 1 aromatic rings. The molecule has 92 valence electrons. The smallest absolute Gasteiger partial charge is 0.225 e. The molecule has 2 aliphatic heterocycles. The Hall–Kier alpha value is -1.23. The zero-order chi connectivity index (χ0) is 11.8. The summed E-state index contributed by atoms with van der Waals surface area (Å²) in [5.74, 6) is 0.284. The molecule has 3 heterocycles. The van der Waals surface area contributed by atoms with Gasteiger partial charge in [0.2, 0.25) is 5.95 Å². The van der Waals surface area contributed by atoms with Gasteiger partial charge in [-0.05, 0) is 26.3 Å². The molecule has 0 spiro atoms. The van der Waals surface area contributed by atoms with Crippen molar-refractivity contribution in [2.24, 2.45) is 0 Å². The molecule has 0 radical (unpaired) electrons. The Morgan fingerprint density at radius 1 is 1.24 bits per heavy atom. The summed E-state index contributed by atoms with van der Waals surface area (Å²) in [6.45, 7) is 5.43. The average molecular weight is 236 g/mol. The van der Waals surface area contributed by atoms with Gasteiger partial charge >= 0.3 is 0 Å². The van der Waals surface area contributed by atoms with E-state index < -0.39 is 0 Å². The average Bonchev–Trinajstić information content (AvgIpc) is 2.80. The molecule has 0 bridgehead atoms. The van der Waals surface area contributed by atoms with Crippen LogP contribution in [0.15, 0.2) is 12.4 Å². The molecule has 17 heavy (non-hydrogen) atoms. The van der Waals surface area contributed by atoms with Crippen molar-refractivity contribution in [2.45, 2.75) is 31.8 Å². The molecule has 0 aliphatic carbocycles. The van der Waals surface area contributed by atoms with Crippen molar-refractivity contribution >= 4 is 5.95 Å². The summed E-state index contributed by atoms with van der Waals surface area (Å²) in [6.07, 6.45) is 5.03. The van der Waals surface area contributed by atoms with Crippen LogP contribution in [0.2, 0.25) is 0 Å². The van der Waals surface area contributed by atoms with E-state index in [0.29, 0.717) is 18.0 Å². The molecule has 1 aromatic heterocycles. The highest BCUT2D eigenvalue weighted by Crippen LogP contribution is 2.28. The van der Waals surface area contributed by atoms with E-state index in [2.05, 4.69) is 26.7 Å². The maximum absolute atomic E-state index is 12.8. The highest BCUT2D eigenvalue weighted by atomic mass is 19.1. The third kappa shape index (κ3) is 1.88. The van der Waals surface area contributed by atoms with Gasteiger partial charge in [0, 0.05) is 25.2 Å². The molecule has 0 saturated carbocycles. The molecule has 0 N–H and O–H groups in total. The second-order valence-electron chi connectivity index (χ2n) is 4.88. The van der Waals surface area contributed by atoms with Crippen molar-refractivity contribution in [1.29, 1.82) is 0 Å². The fraction of sp³-hybridized carbons (Fsp3) is 0.667. The summed E-state index contributed by atoms with van der Waals surface area (Å²) >= 11 is 0. The second kappa shape index (κ2) is 4.22. The van der Waals surface area contributed by atoms with Crippen LogP contribution in [0.5, 0.6) is 0 Å². The zero-order valence-electron chi connectivity index (χ0n) is 10.0. The number of hydrogen-bond donors (Lipinski definition) is 0. The summed E-state index contributed by atoms with van der Waals surface area (Å²) in [4.78, 5) is 12.9. The predicted molar refractivity (Wildman–Crippen MR) is 63.4 cm³/mol. The molecule has 0 aromatic carbocycles. The fourth-order valence-electron chi connectivity index (χ4n) is 3.06. The number of halogens is 1. The van der Waals surface area contributed by atoms with E-state index in [1.165, 1.54) is 31.8 Å². The monoisotopic (exact) mass is 236 g/mol. The van der Waals surface area contributed by atoms with Crippen LogP contribution in [-0.2, 0) is 0 Å². The molecule has 3 rings (SSSR count). The Labute approximate surface area is 100 Å². The number of aromatic nitrogens is 2. The van der Waals surface area contributed by atoms with Crippen LogP contribution in [0, 0.1) is 5.82 Å². The van der Waals surface area contributed by atoms with Gasteiger partial charge in [0.05, 0.1) is 12.4 Å². The standard InChI is InChI=1S/C12H17FN4/c1-9-11-3-2-4-16(11)5-6-17(9)12-14-7-10(13)8-15-12/h7-9,11H,2-6H2,1H3. The zero-order valence-corrected chi connectivity index (χ0v) is 10.0. The van der Waals surface area contributed by atoms with Crippen molar-refractivity contribution in [1.82, 2.24) is 14.9 Å². The quantitative estimate of drug-likeness (QED) is 0.735. The Morgan fingerprint density at radius 2 is 2.00 bits per heavy atom. The molecule has 0 amide bonds. The van der Waals surface area contributed by atoms with E-state index in [0.717, 1.165) is 13.1 Å². The van der Waals surface area contributed by atoms with Gasteiger partial charge in [0.15, 0.2) is 5.82 Å². The molecule has 2 aliphatic rings. The van der Waals surface area contributed by atoms with Gasteiger partial charge in [-0.2, -0.15) is 0 Å². The minimum atomic E-state index is -0.374. The summed E-state index contributed by atoms with van der Waals surface area (Å²) < 4.78 is 12.8. The number of anilines is 1. The van der Waals surface area contributed by atoms with Crippen molar-refractivity contribution in [3.05, 3.63) is 18.2 Å². The van der Waals surface area contributed by atoms with Crippen molar-refractivity contribution in [3.8, 4) is 0 Å². The Morgan fingerprint density at radius 3 is 2.76 bits per heavy atom. The summed E-state index contributed by atoms with van der Waals surface area (Å²) in [6, 6.07) is 1.02. The van der Waals surface area contributed by atoms with Crippen molar-refractivity contribution < 1.29 is 4.39 Å². The van der Waals surface area contributed by atoms with Crippen molar-refractivity contribution in [3.63, 3.8) is 0 Å². The minimum Gasteiger partial charge on any atom is -0.335 e. The molecule has 2 unspecified atom stereocenters. The number of hydrogen-bond acceptors (Lipinski definition) is 4. The predicted octanol–water partition coefficient (Wildman–Crippen LogP) is 1.29. The van der Waals surface area contributed by atoms with Crippen LogP contribution in [0.3, 0.4) is 0 Å². The lowest BCUT2D eigenvalue weighted by Gasteiger charge is -2.43. The van der Waals surface area contributed by atoms with Gasteiger partial charge in [-0.1, -0.05) is 0 Å². The van der Waals surface area contributed by atoms with Gasteiger partial charge < -0.3 is 4.90 Å². The van der Waals surface area contributed by atoms with Crippen LogP contribution >= 0.6 is 0 Å². The van der Waals surface area contributed by atoms with Crippen LogP contribution < -0.4 is 4.90 Å². The van der Waals surface area contributed by atoms with E-state index in [9.17, 15) is 4.39 Å². The van der Waals surface area contributed by atoms with Gasteiger partial charge in [-0.3, -0.25) is 4.90 Å². The molecule has 4 nitrogen and oxygen atoms in total. The van der Waals surface area contributed by atoms with Crippen LogP contribution in [-0.4, -0.2) is 46.6 Å². The lowest BCUT2D eigenvalue weighted by atomic mass is 10.0. The number of fused-ring (bicyclic) bond motifs is 1. The van der Waals surface area contributed by atoms with Crippen molar-refractivity contribution in [2.75, 3.05) is 24.5 Å². The summed E-state index contributed by atoms with van der Waals surface area (Å²) in [5.41, 5.74) is 0. The molecule has 2 atom stereocenters. The number of nitrogens with zero attached hydrogens (tertiary/aromatic N) is 4. The highest BCUT2D eigenvalue weighted by Gasteiger charge is 2.37. The summed E-state index contributed by atoms with van der Waals surface area (Å²) in [7, 11) is 0. The summed E-state index contributed by atoms with van der Waals surface area (Å²) in [5, 5.41) is 0. The topological polar surface area (TPSA) is 32.3 Å². The van der Waals surface area contributed by atoms with E-state index in [4.69, 9.17) is 0 Å². The van der Waals surface area contributed by atoms with E-state index in [-0.39, 0.29) is 5.82 Å². The van der Waals surface area contributed by atoms with Crippen LogP contribution in [0.25, 0.3) is 0 Å². The van der Waals surface area contributed by atoms with E-state index >= 15 is 0 Å². The normalized spacial score (nSPS) is 29.4. The maximum Gasteiger partial charge on any atom is 0.225 e. The fourth-order valence-corrected chi connectivity index (χ4v) is 3.06. The number of piperazine rings is 1. The maximum atomic E-state index is 12.8. The largest absolute Gasteiger partial charge is 0.335 e. The second-order valence-corrected chi connectivity index (χ2v) is 4.88. The first-order chi connectivity index (χ1) is 8.25. The molecular weight excluding hydrogens is 219 g/mol. The third-order valence-corrected chi connectivity index (χ3v) is 3.95. The van der Waals surface area contributed by atoms with Gasteiger partial charge in [-0.15, -0.1) is 0 Å². The third-order valence-electron chi connectivity index (χ3n) is 3.95. The van der Waals surface area contributed by atoms with E-state index in [1.54, 1.807) is 0 Å². The lowest BCUT2D eigenvalue weighted by molar-refractivity contribution is 0.193. The first-order valence-corrected chi connectivity index (χ1v) is 6.24. The Kier molecular flexibility index (Phi) is 2.70. The molecular formula is C12H17FN4. The lowest BCUT2D eigenvalue weighted by Crippen LogP contribution is -2.56. The van der Waals surface area contributed by atoms with E-state index in [1.807, 2.05) is 0 Å². The number of rotatable bonds is 1.